The average molecular weight is 481 g/mol. The number of hydrogen-bond acceptors (Lipinski definition) is 4. The van der Waals surface area contributed by atoms with E-state index < -0.39 is 0 Å². The van der Waals surface area contributed by atoms with Crippen molar-refractivity contribution in [3.05, 3.63) is 131 Å². The summed E-state index contributed by atoms with van der Waals surface area (Å²) in [6.07, 6.45) is 0.700. The Bertz CT molecular complexity index is 1230. The van der Waals surface area contributed by atoms with Crippen molar-refractivity contribution >= 4 is 5.91 Å². The molecule has 0 spiro atoms. The van der Waals surface area contributed by atoms with Crippen molar-refractivity contribution in [3.63, 3.8) is 0 Å². The van der Waals surface area contributed by atoms with Crippen LogP contribution >= 0.6 is 0 Å². The van der Waals surface area contributed by atoms with E-state index in [0.29, 0.717) is 50.6 Å². The molecule has 0 unspecified atom stereocenters. The van der Waals surface area contributed by atoms with Crippen molar-refractivity contribution in [2.45, 2.75) is 26.2 Å². The van der Waals surface area contributed by atoms with Crippen LogP contribution in [0.15, 0.2) is 109 Å². The molecular weight excluding hydrogens is 448 g/mol. The molecule has 4 aromatic carbocycles. The van der Waals surface area contributed by atoms with Crippen molar-refractivity contribution < 1.29 is 14.3 Å². The highest BCUT2D eigenvalue weighted by molar-refractivity contribution is 5.97. The molecule has 0 bridgehead atoms. The molecule has 1 amide bonds. The van der Waals surface area contributed by atoms with Gasteiger partial charge in [-0.2, -0.15) is 0 Å². The fourth-order valence-corrected chi connectivity index (χ4v) is 3.93. The highest BCUT2D eigenvalue weighted by Gasteiger charge is 2.21. The zero-order chi connectivity index (χ0) is 25.0. The molecule has 4 aromatic rings. The maximum Gasteiger partial charge on any atom is 0.257 e. The first-order valence-electron chi connectivity index (χ1n) is 12.2. The number of rotatable bonds is 12. The van der Waals surface area contributed by atoms with Gasteiger partial charge in [0.15, 0.2) is 0 Å². The molecule has 2 N–H and O–H groups in total. The third kappa shape index (κ3) is 6.96. The third-order valence-electron chi connectivity index (χ3n) is 5.84. The summed E-state index contributed by atoms with van der Waals surface area (Å²) in [7, 11) is 0. The molecule has 0 aliphatic rings. The van der Waals surface area contributed by atoms with Crippen LogP contribution in [0.3, 0.4) is 0 Å². The van der Waals surface area contributed by atoms with Gasteiger partial charge in [0, 0.05) is 18.7 Å². The fourth-order valence-electron chi connectivity index (χ4n) is 3.93. The first-order valence-corrected chi connectivity index (χ1v) is 12.2. The van der Waals surface area contributed by atoms with E-state index >= 15 is 0 Å². The summed E-state index contributed by atoms with van der Waals surface area (Å²) in [6.45, 7) is 2.31. The molecule has 4 rings (SSSR count). The quantitative estimate of drug-likeness (QED) is 0.277. The van der Waals surface area contributed by atoms with Crippen molar-refractivity contribution in [2.24, 2.45) is 5.73 Å². The van der Waals surface area contributed by atoms with Crippen molar-refractivity contribution in [3.8, 4) is 11.5 Å². The van der Waals surface area contributed by atoms with Crippen LogP contribution in [-0.4, -0.2) is 23.9 Å². The number of para-hydroxylation sites is 2. The average Bonchev–Trinajstić information content (AvgIpc) is 2.94. The molecule has 0 fully saturated rings. The lowest BCUT2D eigenvalue weighted by molar-refractivity contribution is 0.0735. The van der Waals surface area contributed by atoms with Crippen LogP contribution in [0.4, 0.5) is 0 Å². The first kappa shape index (κ1) is 25.0. The van der Waals surface area contributed by atoms with E-state index in [4.69, 9.17) is 15.2 Å². The van der Waals surface area contributed by atoms with E-state index in [-0.39, 0.29) is 5.91 Å². The Kier molecular flexibility index (Phi) is 9.12. The van der Waals surface area contributed by atoms with Gasteiger partial charge in [-0.15, -0.1) is 0 Å². The van der Waals surface area contributed by atoms with Gasteiger partial charge in [0.2, 0.25) is 0 Å². The summed E-state index contributed by atoms with van der Waals surface area (Å²) in [5.74, 6) is 1.24. The lowest BCUT2D eigenvalue weighted by Gasteiger charge is -2.25. The van der Waals surface area contributed by atoms with Gasteiger partial charge in [-0.1, -0.05) is 91.0 Å². The molecule has 5 heteroatoms. The van der Waals surface area contributed by atoms with Gasteiger partial charge in [-0.25, -0.2) is 0 Å². The topological polar surface area (TPSA) is 64.8 Å². The van der Waals surface area contributed by atoms with E-state index in [2.05, 4.69) is 0 Å². The Morgan fingerprint density at radius 3 is 1.83 bits per heavy atom. The minimum Gasteiger partial charge on any atom is -0.489 e. The molecule has 0 aliphatic carbocycles. The zero-order valence-electron chi connectivity index (χ0n) is 20.4. The van der Waals surface area contributed by atoms with E-state index in [9.17, 15) is 4.79 Å². The number of hydrogen-bond donors (Lipinski definition) is 1. The number of carbonyl (C=O) groups is 1. The van der Waals surface area contributed by atoms with Crippen LogP contribution in [0.5, 0.6) is 11.5 Å². The van der Waals surface area contributed by atoms with Crippen LogP contribution in [0.1, 0.15) is 33.5 Å². The minimum atomic E-state index is -0.0926. The second-order valence-electron chi connectivity index (χ2n) is 8.52. The highest BCUT2D eigenvalue weighted by atomic mass is 16.5. The normalized spacial score (nSPS) is 10.6. The van der Waals surface area contributed by atoms with E-state index in [1.807, 2.05) is 114 Å². The molecule has 0 aliphatic heterocycles. The standard InChI is InChI=1S/C31H32N2O3/c32-20-11-21-33(22-27-16-7-9-18-29(27)35-23-25-12-3-1-4-13-25)31(34)28-17-8-10-19-30(28)36-24-26-14-5-2-6-15-26/h1-10,12-19H,11,20-24,32H2. The van der Waals surface area contributed by atoms with Gasteiger partial charge < -0.3 is 20.1 Å². The zero-order valence-corrected chi connectivity index (χ0v) is 20.4. The summed E-state index contributed by atoms with van der Waals surface area (Å²) < 4.78 is 12.2. The van der Waals surface area contributed by atoms with Gasteiger partial charge in [-0.05, 0) is 42.3 Å². The SMILES string of the molecule is NCCCN(Cc1ccccc1OCc1ccccc1)C(=O)c1ccccc1OCc1ccccc1. The fraction of sp³-hybridized carbons (Fsp3) is 0.194. The Balaban J connectivity index is 1.52. The molecule has 0 radical (unpaired) electrons. The first-order chi connectivity index (χ1) is 17.7. The Morgan fingerprint density at radius 2 is 1.19 bits per heavy atom. The Labute approximate surface area is 213 Å². The molecule has 0 heterocycles. The van der Waals surface area contributed by atoms with Crippen LogP contribution in [0.2, 0.25) is 0 Å². The van der Waals surface area contributed by atoms with Gasteiger partial charge in [0.25, 0.3) is 5.91 Å². The van der Waals surface area contributed by atoms with E-state index in [0.717, 1.165) is 22.4 Å². The molecule has 5 nitrogen and oxygen atoms in total. The van der Waals surface area contributed by atoms with Crippen molar-refractivity contribution in [1.82, 2.24) is 4.90 Å². The van der Waals surface area contributed by atoms with Crippen LogP contribution in [0.25, 0.3) is 0 Å². The lowest BCUT2D eigenvalue weighted by Crippen LogP contribution is -2.33. The Hall–Kier alpha value is -4.09. The lowest BCUT2D eigenvalue weighted by atomic mass is 10.1. The minimum absolute atomic E-state index is 0.0926. The summed E-state index contributed by atoms with van der Waals surface area (Å²) in [5, 5.41) is 0. The largest absolute Gasteiger partial charge is 0.489 e. The number of amides is 1. The number of ether oxygens (including phenoxy) is 2. The van der Waals surface area contributed by atoms with Crippen LogP contribution in [0, 0.1) is 0 Å². The molecule has 0 aromatic heterocycles. The summed E-state index contributed by atoms with van der Waals surface area (Å²) >= 11 is 0. The number of benzene rings is 4. The molecule has 0 saturated heterocycles. The number of carbonyl (C=O) groups excluding carboxylic acids is 1. The van der Waals surface area contributed by atoms with Gasteiger partial charge >= 0.3 is 0 Å². The van der Waals surface area contributed by atoms with Gasteiger partial charge in [-0.3, -0.25) is 4.79 Å². The van der Waals surface area contributed by atoms with E-state index in [1.165, 1.54) is 0 Å². The van der Waals surface area contributed by atoms with Gasteiger partial charge in [0.1, 0.15) is 24.7 Å². The summed E-state index contributed by atoms with van der Waals surface area (Å²) in [5.41, 5.74) is 9.42. The smallest absolute Gasteiger partial charge is 0.257 e. The maximum absolute atomic E-state index is 13.7. The van der Waals surface area contributed by atoms with Crippen molar-refractivity contribution in [2.75, 3.05) is 13.1 Å². The molecule has 0 atom stereocenters. The predicted octanol–water partition coefficient (Wildman–Crippen LogP) is 5.84. The second kappa shape index (κ2) is 13.1. The number of nitrogens with zero attached hydrogens (tertiary/aromatic N) is 1. The van der Waals surface area contributed by atoms with Gasteiger partial charge in [0.05, 0.1) is 5.56 Å². The Morgan fingerprint density at radius 1 is 0.667 bits per heavy atom. The van der Waals surface area contributed by atoms with Crippen LogP contribution < -0.4 is 15.2 Å². The summed E-state index contributed by atoms with van der Waals surface area (Å²) in [6, 6.07) is 35.2. The predicted molar refractivity (Wildman–Crippen MR) is 143 cm³/mol. The van der Waals surface area contributed by atoms with Crippen molar-refractivity contribution in [1.29, 1.82) is 0 Å². The summed E-state index contributed by atoms with van der Waals surface area (Å²) in [4.78, 5) is 15.6. The molecule has 184 valence electrons. The molecule has 36 heavy (non-hydrogen) atoms. The van der Waals surface area contributed by atoms with Crippen LogP contribution in [-0.2, 0) is 19.8 Å². The highest BCUT2D eigenvalue weighted by Crippen LogP contribution is 2.25. The molecular formula is C31H32N2O3. The third-order valence-corrected chi connectivity index (χ3v) is 5.84. The number of nitrogens with two attached hydrogens (primary N) is 1. The maximum atomic E-state index is 13.7. The monoisotopic (exact) mass is 480 g/mol. The second-order valence-corrected chi connectivity index (χ2v) is 8.52. The molecule has 0 saturated carbocycles. The van der Waals surface area contributed by atoms with E-state index in [1.54, 1.807) is 0 Å².